The zero-order valence-corrected chi connectivity index (χ0v) is 12.4. The second kappa shape index (κ2) is 5.25. The monoisotopic (exact) mass is 259 g/mol. The van der Waals surface area contributed by atoms with Crippen molar-refractivity contribution in [2.75, 3.05) is 0 Å². The molecule has 2 heteroatoms. The van der Waals surface area contributed by atoms with E-state index in [9.17, 15) is 0 Å². The number of thiophene rings is 1. The van der Waals surface area contributed by atoms with Crippen molar-refractivity contribution in [3.05, 3.63) is 56.3 Å². The Morgan fingerprint density at radius 2 is 1.72 bits per heavy atom. The predicted molar refractivity (Wildman–Crippen MR) is 80.4 cm³/mol. The van der Waals surface area contributed by atoms with Gasteiger partial charge in [-0.25, -0.2) is 0 Å². The van der Waals surface area contributed by atoms with Crippen molar-refractivity contribution in [1.29, 1.82) is 0 Å². The Kier molecular flexibility index (Phi) is 3.88. The minimum Gasteiger partial charge on any atom is -0.320 e. The molecule has 2 N–H and O–H groups in total. The van der Waals surface area contributed by atoms with Crippen LogP contribution < -0.4 is 5.73 Å². The Bertz CT molecular complexity index is 554. The van der Waals surface area contributed by atoms with E-state index in [1.165, 1.54) is 32.0 Å². The first-order valence-electron chi connectivity index (χ1n) is 6.44. The van der Waals surface area contributed by atoms with E-state index >= 15 is 0 Å². The molecule has 1 aromatic carbocycles. The van der Waals surface area contributed by atoms with Gasteiger partial charge in [-0.3, -0.25) is 0 Å². The van der Waals surface area contributed by atoms with E-state index in [0.717, 1.165) is 6.42 Å². The van der Waals surface area contributed by atoms with Gasteiger partial charge in [-0.05, 0) is 61.6 Å². The molecule has 2 rings (SSSR count). The second-order valence-electron chi connectivity index (χ2n) is 4.93. The van der Waals surface area contributed by atoms with Gasteiger partial charge in [-0.2, -0.15) is 0 Å². The van der Waals surface area contributed by atoms with Gasteiger partial charge in [0.15, 0.2) is 0 Å². The molecule has 1 nitrogen and oxygen atoms in total. The molecule has 1 heterocycles. The Balaban J connectivity index is 2.39. The zero-order valence-electron chi connectivity index (χ0n) is 11.6. The van der Waals surface area contributed by atoms with Gasteiger partial charge in [0, 0.05) is 9.75 Å². The number of hydrogen-bond acceptors (Lipinski definition) is 2. The Morgan fingerprint density at radius 3 is 2.33 bits per heavy atom. The molecule has 0 saturated heterocycles. The highest BCUT2D eigenvalue weighted by atomic mass is 32.1. The lowest BCUT2D eigenvalue weighted by atomic mass is 9.95. The molecule has 1 unspecified atom stereocenters. The zero-order chi connectivity index (χ0) is 13.3. The smallest absolute Gasteiger partial charge is 0.0648 e. The van der Waals surface area contributed by atoms with Crippen molar-refractivity contribution < 1.29 is 0 Å². The highest BCUT2D eigenvalue weighted by Gasteiger charge is 2.14. The first-order valence-corrected chi connectivity index (χ1v) is 7.26. The Labute approximate surface area is 114 Å². The average molecular weight is 259 g/mol. The van der Waals surface area contributed by atoms with Crippen LogP contribution in [-0.2, 0) is 6.42 Å². The maximum absolute atomic E-state index is 6.41. The molecule has 0 saturated carbocycles. The SMILES string of the molecule is CCc1ccc(C(N)c2cc(C)c(C)cc2C)s1. The first-order chi connectivity index (χ1) is 8.52. The van der Waals surface area contributed by atoms with Gasteiger partial charge < -0.3 is 5.73 Å². The van der Waals surface area contributed by atoms with Crippen LogP contribution in [0.25, 0.3) is 0 Å². The predicted octanol–water partition coefficient (Wildman–Crippen LogP) is 4.28. The Hall–Kier alpha value is -1.12. The van der Waals surface area contributed by atoms with Gasteiger partial charge in [0.25, 0.3) is 0 Å². The molecule has 96 valence electrons. The van der Waals surface area contributed by atoms with E-state index in [1.54, 1.807) is 0 Å². The van der Waals surface area contributed by atoms with Crippen LogP contribution in [0.15, 0.2) is 24.3 Å². The molecular formula is C16H21NS. The molecule has 0 aliphatic heterocycles. The molecule has 1 aromatic heterocycles. The van der Waals surface area contributed by atoms with E-state index in [2.05, 4.69) is 52.0 Å². The lowest BCUT2D eigenvalue weighted by Gasteiger charge is -2.15. The van der Waals surface area contributed by atoms with Crippen molar-refractivity contribution >= 4 is 11.3 Å². The molecule has 2 aromatic rings. The molecule has 0 aliphatic carbocycles. The number of aryl methyl sites for hydroxylation is 4. The topological polar surface area (TPSA) is 26.0 Å². The summed E-state index contributed by atoms with van der Waals surface area (Å²) in [5, 5.41) is 0. The summed E-state index contributed by atoms with van der Waals surface area (Å²) in [6.45, 7) is 8.63. The maximum atomic E-state index is 6.41. The summed E-state index contributed by atoms with van der Waals surface area (Å²) >= 11 is 1.83. The Morgan fingerprint density at radius 1 is 1.06 bits per heavy atom. The van der Waals surface area contributed by atoms with Crippen molar-refractivity contribution in [3.8, 4) is 0 Å². The van der Waals surface area contributed by atoms with Crippen LogP contribution in [0.3, 0.4) is 0 Å². The van der Waals surface area contributed by atoms with Gasteiger partial charge in [0.1, 0.15) is 0 Å². The van der Waals surface area contributed by atoms with E-state index in [1.807, 2.05) is 11.3 Å². The molecule has 0 aliphatic rings. The summed E-state index contributed by atoms with van der Waals surface area (Å²) in [7, 11) is 0. The molecule has 0 fully saturated rings. The van der Waals surface area contributed by atoms with Gasteiger partial charge in [0.05, 0.1) is 6.04 Å². The van der Waals surface area contributed by atoms with E-state index in [0.29, 0.717) is 0 Å². The lowest BCUT2D eigenvalue weighted by Crippen LogP contribution is -2.12. The van der Waals surface area contributed by atoms with Crippen molar-refractivity contribution in [3.63, 3.8) is 0 Å². The highest BCUT2D eigenvalue weighted by Crippen LogP contribution is 2.30. The van der Waals surface area contributed by atoms with Crippen molar-refractivity contribution in [2.24, 2.45) is 5.73 Å². The van der Waals surface area contributed by atoms with Gasteiger partial charge in [-0.1, -0.05) is 19.1 Å². The van der Waals surface area contributed by atoms with Crippen LogP contribution in [0.4, 0.5) is 0 Å². The van der Waals surface area contributed by atoms with Crippen molar-refractivity contribution in [2.45, 2.75) is 40.2 Å². The largest absolute Gasteiger partial charge is 0.320 e. The van der Waals surface area contributed by atoms with Gasteiger partial charge in [0.2, 0.25) is 0 Å². The van der Waals surface area contributed by atoms with E-state index in [4.69, 9.17) is 5.73 Å². The normalized spacial score (nSPS) is 12.7. The van der Waals surface area contributed by atoms with Crippen LogP contribution >= 0.6 is 11.3 Å². The van der Waals surface area contributed by atoms with Crippen LogP contribution in [0, 0.1) is 20.8 Å². The highest BCUT2D eigenvalue weighted by molar-refractivity contribution is 7.12. The summed E-state index contributed by atoms with van der Waals surface area (Å²) in [6, 6.07) is 8.84. The third-order valence-electron chi connectivity index (χ3n) is 3.55. The minimum atomic E-state index is 0.00889. The van der Waals surface area contributed by atoms with Crippen LogP contribution in [0.5, 0.6) is 0 Å². The first kappa shape index (κ1) is 13.3. The average Bonchev–Trinajstić information content (AvgIpc) is 2.81. The standard InChI is InChI=1S/C16H21NS/c1-5-13-6-7-15(18-13)16(17)14-9-11(3)10(2)8-12(14)4/h6-9,16H,5,17H2,1-4H3. The number of hydrogen-bond donors (Lipinski definition) is 1. The fourth-order valence-corrected chi connectivity index (χ4v) is 3.20. The summed E-state index contributed by atoms with van der Waals surface area (Å²) < 4.78 is 0. The van der Waals surface area contributed by atoms with Crippen LogP contribution in [-0.4, -0.2) is 0 Å². The maximum Gasteiger partial charge on any atom is 0.0648 e. The molecule has 18 heavy (non-hydrogen) atoms. The third-order valence-corrected chi connectivity index (χ3v) is 4.87. The quantitative estimate of drug-likeness (QED) is 0.874. The lowest BCUT2D eigenvalue weighted by molar-refractivity contribution is 0.879. The third kappa shape index (κ3) is 2.50. The van der Waals surface area contributed by atoms with E-state index in [-0.39, 0.29) is 6.04 Å². The number of rotatable bonds is 3. The summed E-state index contributed by atoms with van der Waals surface area (Å²) in [4.78, 5) is 2.67. The second-order valence-corrected chi connectivity index (χ2v) is 6.13. The summed E-state index contributed by atoms with van der Waals surface area (Å²) in [5.74, 6) is 0. The molecule has 0 radical (unpaired) electrons. The van der Waals surface area contributed by atoms with E-state index < -0.39 is 0 Å². The minimum absolute atomic E-state index is 0.00889. The number of nitrogens with two attached hydrogens (primary N) is 1. The van der Waals surface area contributed by atoms with Gasteiger partial charge >= 0.3 is 0 Å². The fraction of sp³-hybridized carbons (Fsp3) is 0.375. The molecular weight excluding hydrogens is 238 g/mol. The molecule has 0 bridgehead atoms. The fourth-order valence-electron chi connectivity index (χ4n) is 2.22. The van der Waals surface area contributed by atoms with Crippen LogP contribution in [0.1, 0.15) is 45.0 Å². The summed E-state index contributed by atoms with van der Waals surface area (Å²) in [6.07, 6.45) is 1.09. The molecule has 0 amide bonds. The van der Waals surface area contributed by atoms with Crippen molar-refractivity contribution in [1.82, 2.24) is 0 Å². The number of benzene rings is 1. The summed E-state index contributed by atoms with van der Waals surface area (Å²) in [5.41, 5.74) is 11.6. The van der Waals surface area contributed by atoms with Gasteiger partial charge in [-0.15, -0.1) is 11.3 Å². The molecule has 1 atom stereocenters. The molecule has 0 spiro atoms. The van der Waals surface area contributed by atoms with Crippen LogP contribution in [0.2, 0.25) is 0 Å².